The van der Waals surface area contributed by atoms with Crippen molar-refractivity contribution >= 4 is 12.0 Å². The first kappa shape index (κ1) is 19.5. The van der Waals surface area contributed by atoms with E-state index in [1.807, 2.05) is 0 Å². The molecule has 0 spiro atoms. The summed E-state index contributed by atoms with van der Waals surface area (Å²) in [4.78, 5) is 26.5. The van der Waals surface area contributed by atoms with Crippen LogP contribution in [0.15, 0.2) is 12.7 Å². The van der Waals surface area contributed by atoms with Crippen LogP contribution in [0.25, 0.3) is 0 Å². The van der Waals surface area contributed by atoms with Crippen molar-refractivity contribution in [1.29, 1.82) is 0 Å². The van der Waals surface area contributed by atoms with Crippen molar-refractivity contribution in [3.05, 3.63) is 12.7 Å². The lowest BCUT2D eigenvalue weighted by atomic mass is 10.1. The van der Waals surface area contributed by atoms with Crippen molar-refractivity contribution in [1.82, 2.24) is 9.80 Å². The van der Waals surface area contributed by atoms with Crippen LogP contribution in [0, 0.1) is 11.8 Å². The minimum atomic E-state index is -1.00. The predicted molar refractivity (Wildman–Crippen MR) is 85.3 cm³/mol. The highest BCUT2D eigenvalue weighted by molar-refractivity contribution is 5.80. The van der Waals surface area contributed by atoms with Gasteiger partial charge in [0.25, 0.3) is 0 Å². The van der Waals surface area contributed by atoms with E-state index < -0.39 is 5.97 Å². The zero-order valence-electron chi connectivity index (χ0n) is 13.8. The predicted octanol–water partition coefficient (Wildman–Crippen LogP) is 3.07. The SMILES string of the molecule is C=CCN(CC(=O)O)C(=O)N(CCC(C)C)CCC(C)C. The highest BCUT2D eigenvalue weighted by Crippen LogP contribution is 2.09. The molecular weight excluding hydrogens is 268 g/mol. The molecule has 5 nitrogen and oxygen atoms in total. The summed E-state index contributed by atoms with van der Waals surface area (Å²) in [6, 6.07) is -0.210. The summed E-state index contributed by atoms with van der Waals surface area (Å²) in [5.41, 5.74) is 0. The van der Waals surface area contributed by atoms with Gasteiger partial charge in [-0.1, -0.05) is 33.8 Å². The number of nitrogens with zero attached hydrogens (tertiary/aromatic N) is 2. The Morgan fingerprint density at radius 1 is 1.05 bits per heavy atom. The molecule has 0 aromatic rings. The van der Waals surface area contributed by atoms with Crippen LogP contribution in [0.3, 0.4) is 0 Å². The molecule has 0 unspecified atom stereocenters. The van der Waals surface area contributed by atoms with Gasteiger partial charge in [0.2, 0.25) is 0 Å². The van der Waals surface area contributed by atoms with Gasteiger partial charge in [-0.15, -0.1) is 6.58 Å². The molecule has 122 valence electrons. The van der Waals surface area contributed by atoms with E-state index in [9.17, 15) is 9.59 Å². The van der Waals surface area contributed by atoms with E-state index in [-0.39, 0.29) is 19.1 Å². The van der Waals surface area contributed by atoms with Crippen molar-refractivity contribution in [3.63, 3.8) is 0 Å². The third-order valence-electron chi connectivity index (χ3n) is 3.17. The molecule has 0 heterocycles. The number of carboxylic acid groups (broad SMARTS) is 1. The number of aliphatic carboxylic acids is 1. The van der Waals surface area contributed by atoms with Gasteiger partial charge >= 0.3 is 12.0 Å². The van der Waals surface area contributed by atoms with Gasteiger partial charge in [-0.2, -0.15) is 0 Å². The summed E-state index contributed by atoms with van der Waals surface area (Å²) in [5.74, 6) is 0.0104. The fourth-order valence-corrected chi connectivity index (χ4v) is 1.86. The molecule has 0 bridgehead atoms. The quantitative estimate of drug-likeness (QED) is 0.630. The molecule has 2 amide bonds. The third kappa shape index (κ3) is 9.10. The zero-order chi connectivity index (χ0) is 16.4. The zero-order valence-corrected chi connectivity index (χ0v) is 13.8. The average Bonchev–Trinajstić information content (AvgIpc) is 2.36. The topological polar surface area (TPSA) is 60.9 Å². The van der Waals surface area contributed by atoms with Gasteiger partial charge in [-0.05, 0) is 24.7 Å². The Morgan fingerprint density at radius 2 is 1.52 bits per heavy atom. The summed E-state index contributed by atoms with van der Waals surface area (Å²) < 4.78 is 0. The normalized spacial score (nSPS) is 10.8. The molecule has 0 rings (SSSR count). The van der Waals surface area contributed by atoms with Crippen molar-refractivity contribution in [2.45, 2.75) is 40.5 Å². The minimum Gasteiger partial charge on any atom is -0.480 e. The van der Waals surface area contributed by atoms with Crippen LogP contribution in [0.4, 0.5) is 4.79 Å². The number of carboxylic acids is 1. The molecule has 0 aliphatic rings. The lowest BCUT2D eigenvalue weighted by Gasteiger charge is -2.30. The van der Waals surface area contributed by atoms with E-state index in [4.69, 9.17) is 5.11 Å². The molecule has 21 heavy (non-hydrogen) atoms. The molecule has 0 aliphatic carbocycles. The van der Waals surface area contributed by atoms with E-state index in [1.54, 1.807) is 11.0 Å². The monoisotopic (exact) mass is 298 g/mol. The van der Waals surface area contributed by atoms with Gasteiger partial charge in [-0.25, -0.2) is 4.79 Å². The summed E-state index contributed by atoms with van der Waals surface area (Å²) in [7, 11) is 0. The highest BCUT2D eigenvalue weighted by atomic mass is 16.4. The Hall–Kier alpha value is -1.52. The summed E-state index contributed by atoms with van der Waals surface area (Å²) in [6.07, 6.45) is 3.39. The molecule has 0 saturated carbocycles. The molecule has 0 fully saturated rings. The highest BCUT2D eigenvalue weighted by Gasteiger charge is 2.22. The second-order valence-electron chi connectivity index (χ2n) is 6.20. The van der Waals surface area contributed by atoms with Gasteiger partial charge in [0.15, 0.2) is 0 Å². The molecule has 1 N–H and O–H groups in total. The number of amides is 2. The first-order valence-corrected chi connectivity index (χ1v) is 7.64. The Balaban J connectivity index is 4.83. The second-order valence-corrected chi connectivity index (χ2v) is 6.20. The Kier molecular flexibility index (Phi) is 9.50. The van der Waals surface area contributed by atoms with Crippen LogP contribution in [0.2, 0.25) is 0 Å². The Bertz CT molecular complexity index is 328. The van der Waals surface area contributed by atoms with Gasteiger partial charge in [-0.3, -0.25) is 4.79 Å². The lowest BCUT2D eigenvalue weighted by molar-refractivity contribution is -0.137. The van der Waals surface area contributed by atoms with Gasteiger partial charge < -0.3 is 14.9 Å². The van der Waals surface area contributed by atoms with Crippen molar-refractivity contribution in [2.75, 3.05) is 26.2 Å². The summed E-state index contributed by atoms with van der Waals surface area (Å²) in [5, 5.41) is 8.93. The molecule has 5 heteroatoms. The number of carbonyl (C=O) groups excluding carboxylic acids is 1. The van der Waals surface area contributed by atoms with Gasteiger partial charge in [0.1, 0.15) is 6.54 Å². The van der Waals surface area contributed by atoms with E-state index in [2.05, 4.69) is 34.3 Å². The van der Waals surface area contributed by atoms with Crippen LogP contribution >= 0.6 is 0 Å². The number of carbonyl (C=O) groups is 2. The van der Waals surface area contributed by atoms with Crippen molar-refractivity contribution in [2.24, 2.45) is 11.8 Å². The van der Waals surface area contributed by atoms with Crippen LogP contribution in [0.1, 0.15) is 40.5 Å². The standard InChI is InChI=1S/C16H30N2O3/c1-6-9-18(12-15(19)20)16(21)17(10-7-13(2)3)11-8-14(4)5/h6,13-14H,1,7-12H2,2-5H3,(H,19,20). The van der Waals surface area contributed by atoms with Crippen LogP contribution in [0.5, 0.6) is 0 Å². The van der Waals surface area contributed by atoms with Crippen molar-refractivity contribution in [3.8, 4) is 0 Å². The van der Waals surface area contributed by atoms with Crippen molar-refractivity contribution < 1.29 is 14.7 Å². The summed E-state index contributed by atoms with van der Waals surface area (Å²) in [6.45, 7) is 13.3. The first-order valence-electron chi connectivity index (χ1n) is 7.64. The number of hydrogen-bond acceptors (Lipinski definition) is 2. The molecule has 0 aromatic heterocycles. The summed E-state index contributed by atoms with van der Waals surface area (Å²) >= 11 is 0. The number of hydrogen-bond donors (Lipinski definition) is 1. The third-order valence-corrected chi connectivity index (χ3v) is 3.17. The van der Waals surface area contributed by atoms with Crippen LogP contribution in [-0.2, 0) is 4.79 Å². The molecular formula is C16H30N2O3. The average molecular weight is 298 g/mol. The van der Waals surface area contributed by atoms with E-state index in [1.165, 1.54) is 4.90 Å². The second kappa shape index (κ2) is 10.2. The fraction of sp³-hybridized carbons (Fsp3) is 0.750. The molecule has 0 atom stereocenters. The molecule has 0 saturated heterocycles. The maximum atomic E-state index is 12.5. The first-order chi connectivity index (χ1) is 9.77. The Labute approximate surface area is 128 Å². The molecule has 0 radical (unpaired) electrons. The number of rotatable bonds is 10. The Morgan fingerprint density at radius 3 is 1.86 bits per heavy atom. The minimum absolute atomic E-state index is 0.210. The number of urea groups is 1. The van der Waals surface area contributed by atoms with Crippen LogP contribution in [-0.4, -0.2) is 53.1 Å². The smallest absolute Gasteiger partial charge is 0.323 e. The van der Waals surface area contributed by atoms with E-state index >= 15 is 0 Å². The molecule has 0 aromatic carbocycles. The molecule has 0 aliphatic heterocycles. The van der Waals surface area contributed by atoms with E-state index in [0.717, 1.165) is 12.8 Å². The van der Waals surface area contributed by atoms with Crippen LogP contribution < -0.4 is 0 Å². The maximum absolute atomic E-state index is 12.5. The van der Waals surface area contributed by atoms with Gasteiger partial charge in [0, 0.05) is 19.6 Å². The van der Waals surface area contributed by atoms with E-state index in [0.29, 0.717) is 24.9 Å². The lowest BCUT2D eigenvalue weighted by Crippen LogP contribution is -2.46. The van der Waals surface area contributed by atoms with Gasteiger partial charge in [0.05, 0.1) is 0 Å². The fourth-order valence-electron chi connectivity index (χ4n) is 1.86. The maximum Gasteiger partial charge on any atom is 0.323 e. The largest absolute Gasteiger partial charge is 0.480 e.